The molecular weight excluding hydrogens is 444 g/mol. The Balaban J connectivity index is 1.44. The second kappa shape index (κ2) is 9.62. The first-order chi connectivity index (χ1) is 15.8. The highest BCUT2D eigenvalue weighted by molar-refractivity contribution is 7.89. The van der Waals surface area contributed by atoms with Crippen LogP contribution in [0.5, 0.6) is 0 Å². The molecule has 176 valence electrons. The van der Waals surface area contributed by atoms with Crippen molar-refractivity contribution in [2.45, 2.75) is 43.8 Å². The molecule has 2 heterocycles. The number of amides is 1. The second-order valence-corrected chi connectivity index (χ2v) is 10.4. The van der Waals surface area contributed by atoms with Gasteiger partial charge in [-0.3, -0.25) is 4.79 Å². The standard InChI is InChI=1S/C24H28N2O6S/c1-17-14-25(15-18(2)32-17)33(29,30)21-10-5-8-20(13-21)24(28)31-16-23(27)26-12-6-9-19-7-3-4-11-22(19)26/h3-5,7-8,10-11,13,17-18H,6,9,12,14-16H2,1-2H3/t17-,18-/m1/s1. The Morgan fingerprint density at radius 3 is 2.55 bits per heavy atom. The van der Waals surface area contributed by atoms with Crippen LogP contribution in [-0.2, 0) is 30.7 Å². The van der Waals surface area contributed by atoms with Gasteiger partial charge in [0.15, 0.2) is 6.61 Å². The summed E-state index contributed by atoms with van der Waals surface area (Å²) in [4.78, 5) is 27.0. The van der Waals surface area contributed by atoms with Crippen molar-refractivity contribution < 1.29 is 27.5 Å². The average molecular weight is 473 g/mol. The van der Waals surface area contributed by atoms with Crippen LogP contribution in [0.1, 0.15) is 36.2 Å². The highest BCUT2D eigenvalue weighted by atomic mass is 32.2. The summed E-state index contributed by atoms with van der Waals surface area (Å²) in [5, 5.41) is 0. The van der Waals surface area contributed by atoms with Gasteiger partial charge in [-0.05, 0) is 56.5 Å². The predicted octanol–water partition coefficient (Wildman–Crippen LogP) is 2.62. The van der Waals surface area contributed by atoms with E-state index in [1.54, 1.807) is 4.90 Å². The second-order valence-electron chi connectivity index (χ2n) is 8.46. The quantitative estimate of drug-likeness (QED) is 0.621. The Kier molecular flexibility index (Phi) is 6.83. The van der Waals surface area contributed by atoms with Crippen molar-refractivity contribution in [1.82, 2.24) is 4.31 Å². The molecule has 0 aromatic heterocycles. The molecule has 2 aromatic rings. The van der Waals surface area contributed by atoms with Gasteiger partial charge in [0.2, 0.25) is 10.0 Å². The van der Waals surface area contributed by atoms with E-state index in [9.17, 15) is 18.0 Å². The van der Waals surface area contributed by atoms with Crippen LogP contribution < -0.4 is 4.90 Å². The van der Waals surface area contributed by atoms with E-state index < -0.39 is 22.6 Å². The van der Waals surface area contributed by atoms with Gasteiger partial charge in [-0.2, -0.15) is 4.31 Å². The van der Waals surface area contributed by atoms with E-state index in [-0.39, 0.29) is 41.7 Å². The molecule has 2 aromatic carbocycles. The predicted molar refractivity (Wildman–Crippen MR) is 123 cm³/mol. The van der Waals surface area contributed by atoms with Gasteiger partial charge in [-0.15, -0.1) is 0 Å². The van der Waals surface area contributed by atoms with Crippen LogP contribution in [0.3, 0.4) is 0 Å². The summed E-state index contributed by atoms with van der Waals surface area (Å²) in [5.74, 6) is -1.05. The van der Waals surface area contributed by atoms with E-state index >= 15 is 0 Å². The van der Waals surface area contributed by atoms with E-state index in [2.05, 4.69) is 0 Å². The number of morpholine rings is 1. The van der Waals surface area contributed by atoms with Gasteiger partial charge < -0.3 is 14.4 Å². The summed E-state index contributed by atoms with van der Waals surface area (Å²) in [7, 11) is -3.80. The Morgan fingerprint density at radius 1 is 1.06 bits per heavy atom. The van der Waals surface area contributed by atoms with Crippen molar-refractivity contribution >= 4 is 27.6 Å². The molecule has 2 aliphatic heterocycles. The zero-order valence-corrected chi connectivity index (χ0v) is 19.6. The lowest BCUT2D eigenvalue weighted by Crippen LogP contribution is -2.48. The smallest absolute Gasteiger partial charge is 0.338 e. The van der Waals surface area contributed by atoms with Gasteiger partial charge in [0, 0.05) is 25.3 Å². The van der Waals surface area contributed by atoms with Crippen LogP contribution in [-0.4, -0.2) is 63.0 Å². The van der Waals surface area contributed by atoms with Gasteiger partial charge in [0.25, 0.3) is 5.91 Å². The third-order valence-electron chi connectivity index (χ3n) is 5.83. The topological polar surface area (TPSA) is 93.2 Å². The Hall–Kier alpha value is -2.75. The third kappa shape index (κ3) is 5.10. The SMILES string of the molecule is C[C@@H]1CN(S(=O)(=O)c2cccc(C(=O)OCC(=O)N3CCCc4ccccc43)c2)C[C@@H](C)O1. The molecule has 0 aliphatic carbocycles. The number of para-hydroxylation sites is 1. The van der Waals surface area contributed by atoms with Crippen LogP contribution in [0.2, 0.25) is 0 Å². The highest BCUT2D eigenvalue weighted by Crippen LogP contribution is 2.27. The molecule has 0 bridgehead atoms. The Labute approximate surface area is 194 Å². The molecule has 1 saturated heterocycles. The number of esters is 1. The fourth-order valence-corrected chi connectivity index (χ4v) is 5.98. The summed E-state index contributed by atoms with van der Waals surface area (Å²) in [6.45, 7) is 4.29. The van der Waals surface area contributed by atoms with Gasteiger partial charge in [-0.1, -0.05) is 24.3 Å². The summed E-state index contributed by atoms with van der Waals surface area (Å²) < 4.78 is 38.4. The number of hydrogen-bond donors (Lipinski definition) is 0. The lowest BCUT2D eigenvalue weighted by molar-refractivity contribution is -0.121. The maximum Gasteiger partial charge on any atom is 0.338 e. The number of sulfonamides is 1. The molecule has 0 unspecified atom stereocenters. The fraction of sp³-hybridized carbons (Fsp3) is 0.417. The molecule has 9 heteroatoms. The number of benzene rings is 2. The van der Waals surface area contributed by atoms with Crippen LogP contribution in [0.4, 0.5) is 5.69 Å². The Morgan fingerprint density at radius 2 is 1.79 bits per heavy atom. The minimum atomic E-state index is -3.80. The molecule has 0 saturated carbocycles. The number of rotatable bonds is 5. The van der Waals surface area contributed by atoms with Crippen molar-refractivity contribution in [1.29, 1.82) is 0 Å². The summed E-state index contributed by atoms with van der Waals surface area (Å²) in [5.41, 5.74) is 2.01. The van der Waals surface area contributed by atoms with E-state index in [1.807, 2.05) is 38.1 Å². The third-order valence-corrected chi connectivity index (χ3v) is 7.66. The number of carbonyl (C=O) groups is 2. The van der Waals surface area contributed by atoms with Crippen LogP contribution in [0.25, 0.3) is 0 Å². The molecule has 4 rings (SSSR count). The van der Waals surface area contributed by atoms with E-state index in [1.165, 1.54) is 28.6 Å². The largest absolute Gasteiger partial charge is 0.452 e. The van der Waals surface area contributed by atoms with Crippen molar-refractivity contribution in [2.24, 2.45) is 0 Å². The van der Waals surface area contributed by atoms with Crippen LogP contribution in [0.15, 0.2) is 53.4 Å². The van der Waals surface area contributed by atoms with Crippen molar-refractivity contribution in [3.8, 4) is 0 Å². The van der Waals surface area contributed by atoms with Gasteiger partial charge >= 0.3 is 5.97 Å². The molecule has 0 radical (unpaired) electrons. The number of anilines is 1. The first-order valence-corrected chi connectivity index (χ1v) is 12.5. The molecule has 2 aliphatic rings. The minimum absolute atomic E-state index is 0.00883. The maximum absolute atomic E-state index is 13.1. The van der Waals surface area contributed by atoms with Crippen molar-refractivity contribution in [3.05, 3.63) is 59.7 Å². The van der Waals surface area contributed by atoms with Gasteiger partial charge in [-0.25, -0.2) is 13.2 Å². The summed E-state index contributed by atoms with van der Waals surface area (Å²) >= 11 is 0. The minimum Gasteiger partial charge on any atom is -0.452 e. The molecule has 0 N–H and O–H groups in total. The first-order valence-electron chi connectivity index (χ1n) is 11.1. The number of ether oxygens (including phenoxy) is 2. The fourth-order valence-electron chi connectivity index (χ4n) is 4.34. The normalized spacial score (nSPS) is 21.3. The number of aryl methyl sites for hydroxylation is 1. The highest BCUT2D eigenvalue weighted by Gasteiger charge is 2.32. The zero-order valence-electron chi connectivity index (χ0n) is 18.8. The molecule has 1 fully saturated rings. The summed E-state index contributed by atoms with van der Waals surface area (Å²) in [6, 6.07) is 13.4. The van der Waals surface area contributed by atoms with Crippen molar-refractivity contribution in [2.75, 3.05) is 31.1 Å². The van der Waals surface area contributed by atoms with E-state index in [0.29, 0.717) is 6.54 Å². The summed E-state index contributed by atoms with van der Waals surface area (Å²) in [6.07, 6.45) is 1.31. The average Bonchev–Trinajstić information content (AvgIpc) is 2.81. The lowest BCUT2D eigenvalue weighted by Gasteiger charge is -2.34. The number of fused-ring (bicyclic) bond motifs is 1. The van der Waals surface area contributed by atoms with Gasteiger partial charge in [0.1, 0.15) is 0 Å². The number of nitrogens with zero attached hydrogens (tertiary/aromatic N) is 2. The monoisotopic (exact) mass is 472 g/mol. The molecule has 33 heavy (non-hydrogen) atoms. The van der Waals surface area contributed by atoms with E-state index in [4.69, 9.17) is 9.47 Å². The van der Waals surface area contributed by atoms with Crippen LogP contribution in [0, 0.1) is 0 Å². The Bertz CT molecular complexity index is 1140. The molecular formula is C24H28N2O6S. The molecule has 8 nitrogen and oxygen atoms in total. The lowest BCUT2D eigenvalue weighted by atomic mass is 10.0. The van der Waals surface area contributed by atoms with Crippen molar-refractivity contribution in [3.63, 3.8) is 0 Å². The van der Waals surface area contributed by atoms with Gasteiger partial charge in [0.05, 0.1) is 22.7 Å². The maximum atomic E-state index is 13.1. The number of hydrogen-bond acceptors (Lipinski definition) is 6. The molecule has 0 spiro atoms. The first kappa shape index (κ1) is 23.4. The zero-order chi connectivity index (χ0) is 23.6. The number of carbonyl (C=O) groups excluding carboxylic acids is 2. The molecule has 1 amide bonds. The van der Waals surface area contributed by atoms with Crippen LogP contribution >= 0.6 is 0 Å². The molecule has 2 atom stereocenters. The van der Waals surface area contributed by atoms with E-state index in [0.717, 1.165) is 24.1 Å².